The molecule has 0 aromatic rings. The highest BCUT2D eigenvalue weighted by atomic mass is 28.4. The molecule has 3 heteroatoms. The summed E-state index contributed by atoms with van der Waals surface area (Å²) in [4.78, 5) is 2.43. The van der Waals surface area contributed by atoms with E-state index in [1.165, 1.54) is 6.42 Å². The van der Waals surface area contributed by atoms with Crippen molar-refractivity contribution in [1.82, 2.24) is 4.90 Å². The molecular formula is C16H31NOSi. The largest absolute Gasteiger partial charge is 0.412 e. The van der Waals surface area contributed by atoms with E-state index in [2.05, 4.69) is 58.0 Å². The Balaban J connectivity index is 2.81. The number of piperidine rings is 1. The first-order valence-corrected chi connectivity index (χ1v) is 10.3. The Morgan fingerprint density at radius 2 is 1.95 bits per heavy atom. The van der Waals surface area contributed by atoms with Gasteiger partial charge in [-0.25, -0.2) is 0 Å². The van der Waals surface area contributed by atoms with Gasteiger partial charge in [0.05, 0.1) is 12.1 Å². The number of likely N-dealkylation sites (tertiary alicyclic amines) is 1. The molecule has 0 radical (unpaired) electrons. The van der Waals surface area contributed by atoms with Gasteiger partial charge in [0, 0.05) is 6.54 Å². The third kappa shape index (κ3) is 4.04. The van der Waals surface area contributed by atoms with Gasteiger partial charge in [-0.2, -0.15) is 0 Å². The van der Waals surface area contributed by atoms with Gasteiger partial charge in [0.25, 0.3) is 0 Å². The summed E-state index contributed by atoms with van der Waals surface area (Å²) in [5.41, 5.74) is 0. The van der Waals surface area contributed by atoms with Crippen molar-refractivity contribution in [1.29, 1.82) is 0 Å². The standard InChI is InChI=1S/C16H31NOSi/c1-8-12-17-13-10-11-15(14(17)9-2)18-19(6,7)16(3,4)5/h8-9,14-15H,1-2,10-13H2,3-7H3/t14-,15+/m0/s1. The van der Waals surface area contributed by atoms with Crippen molar-refractivity contribution in [3.63, 3.8) is 0 Å². The molecule has 110 valence electrons. The molecule has 0 spiro atoms. The Morgan fingerprint density at radius 1 is 1.32 bits per heavy atom. The lowest BCUT2D eigenvalue weighted by atomic mass is 9.99. The minimum absolute atomic E-state index is 0.263. The Morgan fingerprint density at radius 3 is 2.42 bits per heavy atom. The molecule has 1 heterocycles. The number of hydrogen-bond acceptors (Lipinski definition) is 2. The molecule has 0 bridgehead atoms. The van der Waals surface area contributed by atoms with Crippen LogP contribution < -0.4 is 0 Å². The highest BCUT2D eigenvalue weighted by Crippen LogP contribution is 2.39. The Bertz CT molecular complexity index is 319. The van der Waals surface area contributed by atoms with Crippen LogP contribution >= 0.6 is 0 Å². The first kappa shape index (κ1) is 16.7. The topological polar surface area (TPSA) is 12.5 Å². The van der Waals surface area contributed by atoms with Crippen molar-refractivity contribution in [2.45, 2.75) is 63.9 Å². The predicted molar refractivity (Wildman–Crippen MR) is 87.1 cm³/mol. The molecule has 0 N–H and O–H groups in total. The molecule has 1 aliphatic heterocycles. The highest BCUT2D eigenvalue weighted by Gasteiger charge is 2.41. The summed E-state index contributed by atoms with van der Waals surface area (Å²) in [5.74, 6) is 0. The molecular weight excluding hydrogens is 250 g/mol. The maximum atomic E-state index is 6.61. The monoisotopic (exact) mass is 281 g/mol. The molecule has 2 nitrogen and oxygen atoms in total. The molecule has 1 aliphatic rings. The SMILES string of the molecule is C=CCN1CCC[C@@H](O[Si](C)(C)C(C)(C)C)[C@@H]1C=C. The minimum Gasteiger partial charge on any atom is -0.412 e. The summed E-state index contributed by atoms with van der Waals surface area (Å²) in [5, 5.41) is 0.263. The Hall–Kier alpha value is -0.383. The van der Waals surface area contributed by atoms with Crippen molar-refractivity contribution in [2.24, 2.45) is 0 Å². The van der Waals surface area contributed by atoms with Crippen molar-refractivity contribution in [3.8, 4) is 0 Å². The average molecular weight is 282 g/mol. The zero-order chi connectivity index (χ0) is 14.7. The van der Waals surface area contributed by atoms with E-state index in [4.69, 9.17) is 4.43 Å². The lowest BCUT2D eigenvalue weighted by Crippen LogP contribution is -2.53. The third-order valence-electron chi connectivity index (χ3n) is 4.59. The van der Waals surface area contributed by atoms with Crippen LogP contribution in [0.3, 0.4) is 0 Å². The number of nitrogens with zero attached hydrogens (tertiary/aromatic N) is 1. The van der Waals surface area contributed by atoms with E-state index in [1.54, 1.807) is 0 Å². The molecule has 0 aromatic heterocycles. The molecule has 1 saturated heterocycles. The summed E-state index contributed by atoms with van der Waals surface area (Å²) in [6.07, 6.45) is 6.69. The molecule has 0 aliphatic carbocycles. The summed E-state index contributed by atoms with van der Waals surface area (Å²) >= 11 is 0. The highest BCUT2D eigenvalue weighted by molar-refractivity contribution is 6.74. The van der Waals surface area contributed by atoms with Gasteiger partial charge in [0.15, 0.2) is 8.32 Å². The third-order valence-corrected chi connectivity index (χ3v) is 9.10. The molecule has 0 amide bonds. The van der Waals surface area contributed by atoms with Crippen LogP contribution in [0.1, 0.15) is 33.6 Å². The second kappa shape index (κ2) is 6.38. The van der Waals surface area contributed by atoms with Gasteiger partial charge in [0.2, 0.25) is 0 Å². The van der Waals surface area contributed by atoms with Gasteiger partial charge in [-0.1, -0.05) is 32.9 Å². The smallest absolute Gasteiger partial charge is 0.192 e. The van der Waals surface area contributed by atoms with Crippen LogP contribution in [-0.2, 0) is 4.43 Å². The van der Waals surface area contributed by atoms with Crippen LogP contribution in [0, 0.1) is 0 Å². The van der Waals surface area contributed by atoms with E-state index in [9.17, 15) is 0 Å². The lowest BCUT2D eigenvalue weighted by molar-refractivity contribution is 0.0482. The van der Waals surface area contributed by atoms with Gasteiger partial charge in [-0.05, 0) is 37.5 Å². The molecule has 0 saturated carbocycles. The van der Waals surface area contributed by atoms with E-state index >= 15 is 0 Å². The maximum absolute atomic E-state index is 6.61. The fourth-order valence-electron chi connectivity index (χ4n) is 2.41. The van der Waals surface area contributed by atoms with Crippen LogP contribution in [0.4, 0.5) is 0 Å². The van der Waals surface area contributed by atoms with Crippen LogP contribution in [0.5, 0.6) is 0 Å². The first-order valence-electron chi connectivity index (χ1n) is 7.38. The van der Waals surface area contributed by atoms with E-state index in [1.807, 2.05) is 6.08 Å². The first-order chi connectivity index (χ1) is 8.73. The molecule has 1 fully saturated rings. The number of rotatable bonds is 5. The van der Waals surface area contributed by atoms with Crippen molar-refractivity contribution < 1.29 is 4.43 Å². The molecule has 2 atom stereocenters. The lowest BCUT2D eigenvalue weighted by Gasteiger charge is -2.45. The summed E-state index contributed by atoms with van der Waals surface area (Å²) in [6, 6.07) is 0.334. The zero-order valence-corrected chi connectivity index (χ0v) is 14.4. The summed E-state index contributed by atoms with van der Waals surface area (Å²) in [6.45, 7) is 21.5. The molecule has 1 rings (SSSR count). The number of hydrogen-bond donors (Lipinski definition) is 0. The average Bonchev–Trinajstić information content (AvgIpc) is 2.28. The summed E-state index contributed by atoms with van der Waals surface area (Å²) in [7, 11) is -1.70. The quantitative estimate of drug-likeness (QED) is 0.553. The van der Waals surface area contributed by atoms with E-state index in [-0.39, 0.29) is 5.04 Å². The van der Waals surface area contributed by atoms with E-state index in [0.717, 1.165) is 19.5 Å². The Kier molecular flexibility index (Phi) is 5.60. The molecule has 0 unspecified atom stereocenters. The second-order valence-corrected chi connectivity index (χ2v) is 11.8. The van der Waals surface area contributed by atoms with Crippen molar-refractivity contribution in [2.75, 3.05) is 13.1 Å². The fourth-order valence-corrected chi connectivity index (χ4v) is 3.78. The van der Waals surface area contributed by atoms with Crippen LogP contribution in [0.15, 0.2) is 25.3 Å². The zero-order valence-electron chi connectivity index (χ0n) is 13.4. The summed E-state index contributed by atoms with van der Waals surface area (Å²) < 4.78 is 6.61. The van der Waals surface area contributed by atoms with Gasteiger partial charge >= 0.3 is 0 Å². The van der Waals surface area contributed by atoms with E-state index in [0.29, 0.717) is 12.1 Å². The normalized spacial score (nSPS) is 26.2. The van der Waals surface area contributed by atoms with Crippen molar-refractivity contribution >= 4 is 8.32 Å². The van der Waals surface area contributed by atoms with Crippen molar-refractivity contribution in [3.05, 3.63) is 25.3 Å². The van der Waals surface area contributed by atoms with E-state index < -0.39 is 8.32 Å². The predicted octanol–water partition coefficient (Wildman–Crippen LogP) is 4.21. The van der Waals surface area contributed by atoms with Gasteiger partial charge < -0.3 is 4.43 Å². The van der Waals surface area contributed by atoms with Crippen LogP contribution in [-0.4, -0.2) is 38.5 Å². The van der Waals surface area contributed by atoms with Crippen LogP contribution in [0.25, 0.3) is 0 Å². The molecule has 0 aromatic carbocycles. The maximum Gasteiger partial charge on any atom is 0.192 e. The molecule has 19 heavy (non-hydrogen) atoms. The van der Waals surface area contributed by atoms with Crippen LogP contribution in [0.2, 0.25) is 18.1 Å². The second-order valence-electron chi connectivity index (χ2n) is 7.07. The van der Waals surface area contributed by atoms with Gasteiger partial charge in [-0.3, -0.25) is 4.90 Å². The fraction of sp³-hybridized carbons (Fsp3) is 0.750. The Labute approximate surface area is 120 Å². The van der Waals surface area contributed by atoms with Gasteiger partial charge in [-0.15, -0.1) is 13.2 Å². The van der Waals surface area contributed by atoms with Gasteiger partial charge in [0.1, 0.15) is 0 Å². The minimum atomic E-state index is -1.70.